The van der Waals surface area contributed by atoms with Crippen LogP contribution in [0, 0.1) is 5.92 Å². The molecule has 0 aromatic carbocycles. The maximum Gasteiger partial charge on any atom is 0.221 e. The lowest BCUT2D eigenvalue weighted by atomic mass is 10.2. The predicted molar refractivity (Wildman–Crippen MR) is 62.0 cm³/mol. The molecule has 0 aliphatic carbocycles. The van der Waals surface area contributed by atoms with E-state index in [1.54, 1.807) is 0 Å². The van der Waals surface area contributed by atoms with E-state index >= 15 is 0 Å². The summed E-state index contributed by atoms with van der Waals surface area (Å²) in [7, 11) is 0. The van der Waals surface area contributed by atoms with Crippen molar-refractivity contribution in [1.29, 1.82) is 0 Å². The first-order chi connectivity index (χ1) is 7.18. The van der Waals surface area contributed by atoms with Crippen LogP contribution in [0.4, 0.5) is 0 Å². The first-order valence-corrected chi connectivity index (χ1v) is 5.72. The van der Waals surface area contributed by atoms with Crippen LogP contribution in [0.3, 0.4) is 0 Å². The quantitative estimate of drug-likeness (QED) is 0.711. The Balaban J connectivity index is 2.01. The third kappa shape index (κ3) is 5.40. The molecule has 0 aromatic rings. The van der Waals surface area contributed by atoms with Gasteiger partial charge in [-0.3, -0.25) is 9.79 Å². The normalized spacial score (nSPS) is 15.3. The first kappa shape index (κ1) is 12.0. The molecule has 1 heterocycles. The van der Waals surface area contributed by atoms with E-state index in [1.807, 2.05) is 0 Å². The van der Waals surface area contributed by atoms with Crippen LogP contribution in [0.15, 0.2) is 4.99 Å². The number of carbonyl (C=O) groups excluding carboxylic acids is 1. The summed E-state index contributed by atoms with van der Waals surface area (Å²) in [5, 5.41) is 6.08. The van der Waals surface area contributed by atoms with Gasteiger partial charge in [-0.05, 0) is 12.3 Å². The molecule has 0 saturated carbocycles. The molecule has 0 spiro atoms. The molecule has 1 aliphatic rings. The number of nitrogens with zero attached hydrogens (tertiary/aromatic N) is 1. The second-order valence-corrected chi connectivity index (χ2v) is 4.31. The minimum atomic E-state index is 0.120. The fourth-order valence-corrected chi connectivity index (χ4v) is 1.41. The molecule has 1 amide bonds. The van der Waals surface area contributed by atoms with Gasteiger partial charge in [-0.25, -0.2) is 0 Å². The lowest BCUT2D eigenvalue weighted by molar-refractivity contribution is -0.121. The number of aliphatic imine (C=N–C) groups is 1. The van der Waals surface area contributed by atoms with Crippen molar-refractivity contribution < 1.29 is 4.79 Å². The summed E-state index contributed by atoms with van der Waals surface area (Å²) in [6.07, 6.45) is 2.71. The minimum Gasteiger partial charge on any atom is -0.373 e. The number of hydrogen-bond acceptors (Lipinski definition) is 3. The van der Waals surface area contributed by atoms with Crippen LogP contribution in [0.25, 0.3) is 0 Å². The Morgan fingerprint density at radius 3 is 2.93 bits per heavy atom. The van der Waals surface area contributed by atoms with Gasteiger partial charge < -0.3 is 10.6 Å². The van der Waals surface area contributed by atoms with Crippen molar-refractivity contribution >= 4 is 11.7 Å². The van der Waals surface area contributed by atoms with Gasteiger partial charge in [0.25, 0.3) is 0 Å². The molecule has 1 aliphatic heterocycles. The highest BCUT2D eigenvalue weighted by atomic mass is 16.1. The molecule has 0 bridgehead atoms. The molecule has 0 atom stereocenters. The largest absolute Gasteiger partial charge is 0.373 e. The van der Waals surface area contributed by atoms with Crippen LogP contribution in [-0.2, 0) is 4.79 Å². The minimum absolute atomic E-state index is 0.120. The molecule has 0 aromatic heterocycles. The average molecular weight is 211 g/mol. The Morgan fingerprint density at radius 2 is 2.33 bits per heavy atom. The van der Waals surface area contributed by atoms with Crippen LogP contribution in [-0.4, -0.2) is 31.4 Å². The highest BCUT2D eigenvalue weighted by Crippen LogP contribution is 2.00. The first-order valence-electron chi connectivity index (χ1n) is 5.72. The van der Waals surface area contributed by atoms with Crippen molar-refractivity contribution in [2.24, 2.45) is 10.9 Å². The maximum atomic E-state index is 11.3. The van der Waals surface area contributed by atoms with E-state index in [1.165, 1.54) is 0 Å². The van der Waals surface area contributed by atoms with Gasteiger partial charge in [0.1, 0.15) is 0 Å². The Morgan fingerprint density at radius 1 is 1.53 bits per heavy atom. The molecule has 0 unspecified atom stereocenters. The van der Waals surface area contributed by atoms with Crippen LogP contribution in [0.2, 0.25) is 0 Å². The summed E-state index contributed by atoms with van der Waals surface area (Å²) in [6, 6.07) is 0. The molecule has 0 saturated heterocycles. The standard InChI is InChI=1S/C11H21N3O/c1-9(2)8-14-11(15)5-7-13-10-4-3-6-12-10/h9H,3-8H2,1-2H3,(H,12,13)(H,14,15). The van der Waals surface area contributed by atoms with Crippen molar-refractivity contribution in [3.05, 3.63) is 0 Å². The Labute approximate surface area is 91.5 Å². The van der Waals surface area contributed by atoms with E-state index in [2.05, 4.69) is 29.5 Å². The van der Waals surface area contributed by atoms with Gasteiger partial charge in [0.2, 0.25) is 5.91 Å². The van der Waals surface area contributed by atoms with E-state index in [0.717, 1.165) is 31.8 Å². The Kier molecular flexibility index (Phi) is 5.15. The Bertz CT molecular complexity index is 236. The summed E-state index contributed by atoms with van der Waals surface area (Å²) in [6.45, 7) is 6.57. The second kappa shape index (κ2) is 6.43. The lowest BCUT2D eigenvalue weighted by Crippen LogP contribution is -2.31. The van der Waals surface area contributed by atoms with E-state index in [-0.39, 0.29) is 5.91 Å². The molecule has 15 heavy (non-hydrogen) atoms. The predicted octanol–water partition coefficient (Wildman–Crippen LogP) is 0.931. The maximum absolute atomic E-state index is 11.3. The fraction of sp³-hybridized carbons (Fsp3) is 0.818. The van der Waals surface area contributed by atoms with Gasteiger partial charge in [0.15, 0.2) is 0 Å². The molecule has 0 fully saturated rings. The third-order valence-corrected chi connectivity index (χ3v) is 2.26. The third-order valence-electron chi connectivity index (χ3n) is 2.26. The number of rotatable bonds is 5. The topological polar surface area (TPSA) is 53.5 Å². The molecular formula is C11H21N3O. The van der Waals surface area contributed by atoms with Crippen molar-refractivity contribution in [3.63, 3.8) is 0 Å². The van der Waals surface area contributed by atoms with Crippen molar-refractivity contribution in [2.45, 2.75) is 33.1 Å². The summed E-state index contributed by atoms with van der Waals surface area (Å²) in [4.78, 5) is 15.6. The van der Waals surface area contributed by atoms with Crippen LogP contribution in [0.5, 0.6) is 0 Å². The number of amidine groups is 1. The number of nitrogens with one attached hydrogen (secondary N) is 2. The second-order valence-electron chi connectivity index (χ2n) is 4.31. The fourth-order valence-electron chi connectivity index (χ4n) is 1.41. The molecule has 4 heteroatoms. The van der Waals surface area contributed by atoms with Gasteiger partial charge in [0.05, 0.1) is 5.84 Å². The highest BCUT2D eigenvalue weighted by Gasteiger charge is 2.06. The lowest BCUT2D eigenvalue weighted by Gasteiger charge is -2.08. The van der Waals surface area contributed by atoms with E-state index in [4.69, 9.17) is 0 Å². The summed E-state index contributed by atoms with van der Waals surface area (Å²) in [5.74, 6) is 1.70. The molecule has 0 radical (unpaired) electrons. The van der Waals surface area contributed by atoms with Crippen LogP contribution < -0.4 is 10.6 Å². The van der Waals surface area contributed by atoms with Crippen LogP contribution >= 0.6 is 0 Å². The van der Waals surface area contributed by atoms with Gasteiger partial charge in [-0.1, -0.05) is 13.8 Å². The smallest absolute Gasteiger partial charge is 0.221 e. The van der Waals surface area contributed by atoms with Gasteiger partial charge in [-0.15, -0.1) is 0 Å². The SMILES string of the molecule is CC(C)CNC(=O)CCNC1=NCCC1. The number of carbonyl (C=O) groups is 1. The molecule has 1 rings (SSSR count). The zero-order valence-electron chi connectivity index (χ0n) is 9.68. The zero-order chi connectivity index (χ0) is 11.1. The van der Waals surface area contributed by atoms with Gasteiger partial charge >= 0.3 is 0 Å². The molecule has 86 valence electrons. The average Bonchev–Trinajstić information content (AvgIpc) is 2.67. The number of amides is 1. The van der Waals surface area contributed by atoms with Gasteiger partial charge in [-0.2, -0.15) is 0 Å². The van der Waals surface area contributed by atoms with Crippen LogP contribution in [0.1, 0.15) is 33.1 Å². The molecular weight excluding hydrogens is 190 g/mol. The van der Waals surface area contributed by atoms with Gasteiger partial charge in [0, 0.05) is 32.5 Å². The van der Waals surface area contributed by atoms with Crippen molar-refractivity contribution in [2.75, 3.05) is 19.6 Å². The van der Waals surface area contributed by atoms with E-state index < -0.39 is 0 Å². The molecule has 4 nitrogen and oxygen atoms in total. The van der Waals surface area contributed by atoms with Crippen molar-refractivity contribution in [3.8, 4) is 0 Å². The number of hydrogen-bond donors (Lipinski definition) is 2. The summed E-state index contributed by atoms with van der Waals surface area (Å²) < 4.78 is 0. The highest BCUT2D eigenvalue weighted by molar-refractivity contribution is 5.84. The summed E-state index contributed by atoms with van der Waals surface area (Å²) in [5.41, 5.74) is 0. The summed E-state index contributed by atoms with van der Waals surface area (Å²) >= 11 is 0. The Hall–Kier alpha value is -1.06. The zero-order valence-corrected chi connectivity index (χ0v) is 9.68. The van der Waals surface area contributed by atoms with Crippen molar-refractivity contribution in [1.82, 2.24) is 10.6 Å². The molecule has 2 N–H and O–H groups in total. The monoisotopic (exact) mass is 211 g/mol. The van der Waals surface area contributed by atoms with E-state index in [0.29, 0.717) is 18.9 Å². The van der Waals surface area contributed by atoms with E-state index in [9.17, 15) is 4.79 Å².